The second-order valence-corrected chi connectivity index (χ2v) is 3.36. The van der Waals surface area contributed by atoms with Crippen molar-refractivity contribution in [3.05, 3.63) is 23.3 Å². The van der Waals surface area contributed by atoms with E-state index in [-0.39, 0.29) is 17.0 Å². The molecule has 0 atom stereocenters. The molecule has 0 fully saturated rings. The Morgan fingerprint density at radius 3 is 2.38 bits per heavy atom. The number of rotatable bonds is 1. The van der Waals surface area contributed by atoms with Gasteiger partial charge in [0.1, 0.15) is 5.75 Å². The molecule has 88 valence electrons. The van der Waals surface area contributed by atoms with Gasteiger partial charge in [-0.25, -0.2) is 0 Å². The lowest BCUT2D eigenvalue weighted by Crippen LogP contribution is -2.30. The van der Waals surface area contributed by atoms with Crippen molar-refractivity contribution >= 4 is 11.6 Å². The zero-order valence-corrected chi connectivity index (χ0v) is 8.64. The highest BCUT2D eigenvalue weighted by Gasteiger charge is 2.38. The third kappa shape index (κ3) is 2.44. The van der Waals surface area contributed by atoms with Crippen molar-refractivity contribution in [1.29, 1.82) is 0 Å². The lowest BCUT2D eigenvalue weighted by molar-refractivity contribution is -0.167. The number of alkyl halides is 3. The van der Waals surface area contributed by atoms with Gasteiger partial charge in [-0.15, -0.1) is 0 Å². The molecule has 6 heteroatoms. The van der Waals surface area contributed by atoms with Crippen molar-refractivity contribution < 1.29 is 23.1 Å². The third-order valence-corrected chi connectivity index (χ3v) is 2.14. The van der Waals surface area contributed by atoms with Gasteiger partial charge in [0.25, 0.3) is 0 Å². The monoisotopic (exact) mass is 233 g/mol. The molecule has 0 spiro atoms. The first-order valence-electron chi connectivity index (χ1n) is 4.41. The molecule has 0 heterocycles. The van der Waals surface area contributed by atoms with Crippen LogP contribution >= 0.6 is 0 Å². The molecule has 0 radical (unpaired) electrons. The van der Waals surface area contributed by atoms with Crippen LogP contribution in [0.1, 0.15) is 11.1 Å². The van der Waals surface area contributed by atoms with E-state index in [0.29, 0.717) is 5.56 Å². The van der Waals surface area contributed by atoms with E-state index in [1.165, 1.54) is 19.1 Å². The molecule has 0 saturated carbocycles. The summed E-state index contributed by atoms with van der Waals surface area (Å²) < 4.78 is 35.9. The highest BCUT2D eigenvalue weighted by molar-refractivity contribution is 5.95. The van der Waals surface area contributed by atoms with Crippen LogP contribution in [0.5, 0.6) is 5.75 Å². The maximum Gasteiger partial charge on any atom is 0.471 e. The summed E-state index contributed by atoms with van der Waals surface area (Å²) in [5.74, 6) is -2.18. The van der Waals surface area contributed by atoms with Gasteiger partial charge in [-0.3, -0.25) is 4.79 Å². The highest BCUT2D eigenvalue weighted by Crippen LogP contribution is 2.29. The predicted octanol–water partition coefficient (Wildman–Crippen LogP) is 2.51. The van der Waals surface area contributed by atoms with E-state index in [2.05, 4.69) is 0 Å². The summed E-state index contributed by atoms with van der Waals surface area (Å²) in [5, 5.41) is 11.2. The van der Waals surface area contributed by atoms with Crippen LogP contribution in [0.25, 0.3) is 0 Å². The molecule has 0 bridgehead atoms. The van der Waals surface area contributed by atoms with Crippen LogP contribution in [0.4, 0.5) is 18.9 Å². The quantitative estimate of drug-likeness (QED) is 0.783. The summed E-state index contributed by atoms with van der Waals surface area (Å²) in [7, 11) is 0. The Balaban J connectivity index is 3.00. The zero-order valence-electron chi connectivity index (χ0n) is 8.64. The van der Waals surface area contributed by atoms with Crippen LogP contribution in [0, 0.1) is 13.8 Å². The Kier molecular flexibility index (Phi) is 3.11. The zero-order chi connectivity index (χ0) is 12.5. The summed E-state index contributed by atoms with van der Waals surface area (Å²) in [5.41, 5.74) is 0.686. The lowest BCUT2D eigenvalue weighted by Gasteiger charge is -2.12. The molecule has 0 saturated heterocycles. The first-order valence-corrected chi connectivity index (χ1v) is 4.41. The summed E-state index contributed by atoms with van der Waals surface area (Å²) in [6.45, 7) is 3.03. The standard InChI is InChI=1S/C10H10F3NO2/c1-5-3-4-7(6(2)8(5)15)14-9(16)10(11,12)13/h3-4,15H,1-2H3,(H,14,16). The number of benzene rings is 1. The van der Waals surface area contributed by atoms with Crippen LogP contribution in [0.15, 0.2) is 12.1 Å². The average Bonchev–Trinajstić information content (AvgIpc) is 2.17. The van der Waals surface area contributed by atoms with Crippen molar-refractivity contribution in [2.75, 3.05) is 5.32 Å². The van der Waals surface area contributed by atoms with Gasteiger partial charge in [0.2, 0.25) is 0 Å². The smallest absolute Gasteiger partial charge is 0.471 e. The van der Waals surface area contributed by atoms with Gasteiger partial charge < -0.3 is 10.4 Å². The molecule has 0 aliphatic heterocycles. The van der Waals surface area contributed by atoms with Crippen LogP contribution in [-0.4, -0.2) is 17.2 Å². The number of halogens is 3. The molecule has 0 unspecified atom stereocenters. The Bertz CT molecular complexity index is 427. The average molecular weight is 233 g/mol. The minimum absolute atomic E-state index is 0.0505. The molecule has 2 N–H and O–H groups in total. The molecule has 0 aliphatic rings. The van der Waals surface area contributed by atoms with Gasteiger partial charge in [-0.2, -0.15) is 13.2 Å². The maximum atomic E-state index is 12.0. The molecule has 1 aromatic carbocycles. The minimum Gasteiger partial charge on any atom is -0.507 e. The fraction of sp³-hybridized carbons (Fsp3) is 0.300. The van der Waals surface area contributed by atoms with Gasteiger partial charge in [0.05, 0.1) is 0 Å². The second-order valence-electron chi connectivity index (χ2n) is 3.36. The van der Waals surface area contributed by atoms with Crippen LogP contribution in [-0.2, 0) is 4.79 Å². The molecule has 3 nitrogen and oxygen atoms in total. The Labute approximate surface area is 89.9 Å². The van der Waals surface area contributed by atoms with E-state index in [9.17, 15) is 23.1 Å². The number of phenols is 1. The van der Waals surface area contributed by atoms with Crippen LogP contribution in [0.2, 0.25) is 0 Å². The minimum atomic E-state index is -4.94. The van der Waals surface area contributed by atoms with Crippen molar-refractivity contribution in [3.8, 4) is 5.75 Å². The van der Waals surface area contributed by atoms with Gasteiger partial charge in [-0.1, -0.05) is 6.07 Å². The van der Waals surface area contributed by atoms with E-state index < -0.39 is 12.1 Å². The van der Waals surface area contributed by atoms with Crippen molar-refractivity contribution in [2.24, 2.45) is 0 Å². The molecular weight excluding hydrogens is 223 g/mol. The van der Waals surface area contributed by atoms with Crippen molar-refractivity contribution in [2.45, 2.75) is 20.0 Å². The Morgan fingerprint density at radius 1 is 1.31 bits per heavy atom. The SMILES string of the molecule is Cc1ccc(NC(=O)C(F)(F)F)c(C)c1O. The fourth-order valence-electron chi connectivity index (χ4n) is 1.16. The normalized spacial score (nSPS) is 11.3. The molecule has 16 heavy (non-hydrogen) atoms. The molecule has 0 aliphatic carbocycles. The number of carbonyl (C=O) groups excluding carboxylic acids is 1. The Hall–Kier alpha value is -1.72. The van der Waals surface area contributed by atoms with Crippen LogP contribution < -0.4 is 5.32 Å². The number of aryl methyl sites for hydroxylation is 1. The van der Waals surface area contributed by atoms with Gasteiger partial charge in [0.15, 0.2) is 0 Å². The number of anilines is 1. The number of carbonyl (C=O) groups is 1. The summed E-state index contributed by atoms with van der Waals surface area (Å²) in [6.07, 6.45) is -4.94. The highest BCUT2D eigenvalue weighted by atomic mass is 19.4. The number of aromatic hydroxyl groups is 1. The molecule has 1 rings (SSSR count). The van der Waals surface area contributed by atoms with E-state index >= 15 is 0 Å². The van der Waals surface area contributed by atoms with Crippen molar-refractivity contribution in [1.82, 2.24) is 0 Å². The van der Waals surface area contributed by atoms with E-state index in [1.807, 2.05) is 0 Å². The first-order chi connectivity index (χ1) is 7.23. The van der Waals surface area contributed by atoms with Crippen LogP contribution in [0.3, 0.4) is 0 Å². The summed E-state index contributed by atoms with van der Waals surface area (Å²) in [6, 6.07) is 2.74. The third-order valence-electron chi connectivity index (χ3n) is 2.14. The van der Waals surface area contributed by atoms with E-state index in [4.69, 9.17) is 0 Å². The number of phenolic OH excluding ortho intramolecular Hbond substituents is 1. The number of hydrogen-bond acceptors (Lipinski definition) is 2. The van der Waals surface area contributed by atoms with Gasteiger partial charge in [0, 0.05) is 11.3 Å². The predicted molar refractivity (Wildman–Crippen MR) is 52.3 cm³/mol. The largest absolute Gasteiger partial charge is 0.507 e. The molecule has 1 amide bonds. The molecular formula is C10H10F3NO2. The fourth-order valence-corrected chi connectivity index (χ4v) is 1.16. The number of nitrogens with one attached hydrogen (secondary N) is 1. The Morgan fingerprint density at radius 2 is 1.88 bits per heavy atom. The van der Waals surface area contributed by atoms with Crippen molar-refractivity contribution in [3.63, 3.8) is 0 Å². The van der Waals surface area contributed by atoms with E-state index in [1.54, 1.807) is 12.2 Å². The first kappa shape index (κ1) is 12.4. The molecule has 0 aromatic heterocycles. The molecule has 1 aromatic rings. The van der Waals surface area contributed by atoms with E-state index in [0.717, 1.165) is 0 Å². The number of hydrogen-bond donors (Lipinski definition) is 2. The topological polar surface area (TPSA) is 49.3 Å². The lowest BCUT2D eigenvalue weighted by atomic mass is 10.1. The number of amides is 1. The maximum absolute atomic E-state index is 12.0. The summed E-state index contributed by atoms with van der Waals surface area (Å²) >= 11 is 0. The van der Waals surface area contributed by atoms with Gasteiger partial charge in [-0.05, 0) is 25.5 Å². The summed E-state index contributed by atoms with van der Waals surface area (Å²) in [4.78, 5) is 10.7. The second kappa shape index (κ2) is 4.03. The van der Waals surface area contributed by atoms with Gasteiger partial charge >= 0.3 is 12.1 Å².